The van der Waals surface area contributed by atoms with Gasteiger partial charge in [0, 0.05) is 29.1 Å². The average Bonchev–Trinajstić information content (AvgIpc) is 3.19. The molecule has 2 fully saturated rings. The third-order valence-corrected chi connectivity index (χ3v) is 7.10. The normalized spacial score (nSPS) is 19.0. The van der Waals surface area contributed by atoms with Crippen LogP contribution in [0.3, 0.4) is 0 Å². The van der Waals surface area contributed by atoms with Crippen molar-refractivity contribution < 1.29 is 19.5 Å². The molecule has 2 amide bonds. The van der Waals surface area contributed by atoms with E-state index in [1.54, 1.807) is 18.2 Å². The molecule has 1 unspecified atom stereocenters. The second-order valence-electron chi connectivity index (χ2n) is 8.98. The van der Waals surface area contributed by atoms with Crippen molar-refractivity contribution in [2.45, 2.75) is 51.0 Å². The maximum absolute atomic E-state index is 13.0. The van der Waals surface area contributed by atoms with Gasteiger partial charge in [0.25, 0.3) is 5.91 Å². The Bertz CT molecular complexity index is 1050. The summed E-state index contributed by atoms with van der Waals surface area (Å²) in [4.78, 5) is 38.0. The number of nitrogens with zero attached hydrogens (tertiary/aromatic N) is 1. The number of carboxylic acid groups (broad SMARTS) is 1. The lowest BCUT2D eigenvalue weighted by Gasteiger charge is -2.31. The number of aliphatic carboxylic acids is 1. The molecule has 0 radical (unpaired) electrons. The fraction of sp³-hybridized carbons (Fsp3) is 0.423. The standard InChI is InChI=1S/C26H29ClN2O4/c27-23-15-18(17-5-4-6-20(13-17)25(32)28-16-24(30)31)9-10-19(23)14-21-11-12-29(26(21)33)22-7-2-1-3-8-22/h4-6,9-10,13,15,21-22H,1-3,7-8,11-12,14,16H2,(H,28,32)(H,30,31). The van der Waals surface area contributed by atoms with E-state index in [1.807, 2.05) is 24.3 Å². The molecule has 2 aromatic rings. The SMILES string of the molecule is O=C(O)CNC(=O)c1cccc(-c2ccc(CC3CCN(C4CCCCC4)C3=O)c(Cl)c2)c1. The van der Waals surface area contributed by atoms with E-state index in [-0.39, 0.29) is 11.8 Å². The Morgan fingerprint density at radius 2 is 1.79 bits per heavy atom. The number of hydrogen-bond donors (Lipinski definition) is 2. The summed E-state index contributed by atoms with van der Waals surface area (Å²) in [7, 11) is 0. The lowest BCUT2D eigenvalue weighted by molar-refractivity contribution is -0.136. The first-order chi connectivity index (χ1) is 15.9. The quantitative estimate of drug-likeness (QED) is 0.624. The van der Waals surface area contributed by atoms with Gasteiger partial charge >= 0.3 is 5.97 Å². The number of hydrogen-bond acceptors (Lipinski definition) is 3. The van der Waals surface area contributed by atoms with E-state index < -0.39 is 18.4 Å². The Morgan fingerprint density at radius 3 is 2.52 bits per heavy atom. The van der Waals surface area contributed by atoms with Crippen LogP contribution in [0.5, 0.6) is 0 Å². The number of carbonyl (C=O) groups is 3. The number of likely N-dealkylation sites (tertiary alicyclic amines) is 1. The van der Waals surface area contributed by atoms with Crippen molar-refractivity contribution in [2.24, 2.45) is 5.92 Å². The summed E-state index contributed by atoms with van der Waals surface area (Å²) in [6, 6.07) is 13.2. The average molecular weight is 469 g/mol. The summed E-state index contributed by atoms with van der Waals surface area (Å²) >= 11 is 6.61. The molecule has 1 atom stereocenters. The van der Waals surface area contributed by atoms with E-state index >= 15 is 0 Å². The van der Waals surface area contributed by atoms with E-state index in [4.69, 9.17) is 16.7 Å². The Labute approximate surface area is 198 Å². The van der Waals surface area contributed by atoms with Crippen molar-refractivity contribution in [3.63, 3.8) is 0 Å². The van der Waals surface area contributed by atoms with Crippen LogP contribution in [0.2, 0.25) is 5.02 Å². The van der Waals surface area contributed by atoms with E-state index in [0.717, 1.165) is 42.5 Å². The molecule has 1 saturated carbocycles. The van der Waals surface area contributed by atoms with Crippen LogP contribution in [-0.2, 0) is 16.0 Å². The summed E-state index contributed by atoms with van der Waals surface area (Å²) in [5.41, 5.74) is 3.01. The molecule has 1 aliphatic heterocycles. The molecule has 33 heavy (non-hydrogen) atoms. The molecule has 2 aromatic carbocycles. The van der Waals surface area contributed by atoms with E-state index in [1.165, 1.54) is 19.3 Å². The van der Waals surface area contributed by atoms with Gasteiger partial charge in [-0.1, -0.05) is 55.1 Å². The van der Waals surface area contributed by atoms with E-state index in [9.17, 15) is 14.4 Å². The van der Waals surface area contributed by atoms with Gasteiger partial charge < -0.3 is 15.3 Å². The molecule has 4 rings (SSSR count). The van der Waals surface area contributed by atoms with Crippen LogP contribution in [0.1, 0.15) is 54.4 Å². The molecule has 1 saturated heterocycles. The molecule has 7 heteroatoms. The van der Waals surface area contributed by atoms with Crippen LogP contribution in [-0.4, -0.2) is 46.9 Å². The van der Waals surface area contributed by atoms with Gasteiger partial charge in [0.05, 0.1) is 0 Å². The zero-order valence-corrected chi connectivity index (χ0v) is 19.3. The van der Waals surface area contributed by atoms with Gasteiger partial charge in [-0.25, -0.2) is 0 Å². The minimum atomic E-state index is -1.09. The van der Waals surface area contributed by atoms with Crippen molar-refractivity contribution in [1.82, 2.24) is 10.2 Å². The number of halogens is 1. The molecule has 2 aliphatic rings. The van der Waals surface area contributed by atoms with Gasteiger partial charge in [-0.3, -0.25) is 14.4 Å². The highest BCUT2D eigenvalue weighted by Gasteiger charge is 2.36. The highest BCUT2D eigenvalue weighted by molar-refractivity contribution is 6.31. The van der Waals surface area contributed by atoms with Gasteiger partial charge in [-0.2, -0.15) is 0 Å². The van der Waals surface area contributed by atoms with E-state index in [2.05, 4.69) is 10.2 Å². The lowest BCUT2D eigenvalue weighted by Crippen LogP contribution is -2.39. The van der Waals surface area contributed by atoms with Gasteiger partial charge in [0.1, 0.15) is 6.54 Å². The first-order valence-corrected chi connectivity index (χ1v) is 12.0. The van der Waals surface area contributed by atoms with Crippen LogP contribution < -0.4 is 5.32 Å². The molecule has 174 valence electrons. The topological polar surface area (TPSA) is 86.7 Å². The number of nitrogens with one attached hydrogen (secondary N) is 1. The van der Waals surface area contributed by atoms with Crippen molar-refractivity contribution in [3.05, 3.63) is 58.6 Å². The Balaban J connectivity index is 1.43. The smallest absolute Gasteiger partial charge is 0.322 e. The van der Waals surface area contributed by atoms with Gasteiger partial charge in [-0.05, 0) is 60.6 Å². The molecule has 0 aromatic heterocycles. The second kappa shape index (κ2) is 10.4. The summed E-state index contributed by atoms with van der Waals surface area (Å²) in [6.45, 7) is 0.419. The van der Waals surface area contributed by atoms with Crippen molar-refractivity contribution in [1.29, 1.82) is 0 Å². The Hall–Kier alpha value is -2.86. The summed E-state index contributed by atoms with van der Waals surface area (Å²) in [5, 5.41) is 11.7. The molecule has 0 spiro atoms. The maximum Gasteiger partial charge on any atom is 0.322 e. The third kappa shape index (κ3) is 5.56. The molecular formula is C26H29ClN2O4. The van der Waals surface area contributed by atoms with Crippen LogP contribution in [0.15, 0.2) is 42.5 Å². The fourth-order valence-corrected chi connectivity index (χ4v) is 5.22. The van der Waals surface area contributed by atoms with Gasteiger partial charge in [-0.15, -0.1) is 0 Å². The van der Waals surface area contributed by atoms with Crippen molar-refractivity contribution in [3.8, 4) is 11.1 Å². The summed E-state index contributed by atoms with van der Waals surface area (Å²) < 4.78 is 0. The third-order valence-electron chi connectivity index (χ3n) is 6.74. The zero-order chi connectivity index (χ0) is 23.4. The summed E-state index contributed by atoms with van der Waals surface area (Å²) in [5.74, 6) is -1.28. The van der Waals surface area contributed by atoms with Gasteiger partial charge in [0.15, 0.2) is 0 Å². The monoisotopic (exact) mass is 468 g/mol. The lowest BCUT2D eigenvalue weighted by atomic mass is 9.93. The van der Waals surface area contributed by atoms with E-state index in [0.29, 0.717) is 23.0 Å². The molecule has 2 N–H and O–H groups in total. The predicted octanol–water partition coefficient (Wildman–Crippen LogP) is 4.55. The number of benzene rings is 2. The first kappa shape index (κ1) is 23.3. The molecule has 1 heterocycles. The number of rotatable bonds is 7. The van der Waals surface area contributed by atoms with Crippen LogP contribution in [0, 0.1) is 5.92 Å². The number of carboxylic acids is 1. The number of amides is 2. The highest BCUT2D eigenvalue weighted by Crippen LogP contribution is 2.33. The Morgan fingerprint density at radius 1 is 1.03 bits per heavy atom. The van der Waals surface area contributed by atoms with Crippen molar-refractivity contribution in [2.75, 3.05) is 13.1 Å². The molecular weight excluding hydrogens is 440 g/mol. The minimum absolute atomic E-state index is 0.0171. The second-order valence-corrected chi connectivity index (χ2v) is 9.38. The summed E-state index contributed by atoms with van der Waals surface area (Å²) in [6.07, 6.45) is 7.48. The first-order valence-electron chi connectivity index (χ1n) is 11.6. The molecule has 1 aliphatic carbocycles. The molecule has 0 bridgehead atoms. The van der Waals surface area contributed by atoms with Crippen LogP contribution in [0.4, 0.5) is 0 Å². The number of carbonyl (C=O) groups excluding carboxylic acids is 2. The predicted molar refractivity (Wildman–Crippen MR) is 127 cm³/mol. The Kier molecular flexibility index (Phi) is 7.33. The largest absolute Gasteiger partial charge is 0.480 e. The van der Waals surface area contributed by atoms with Gasteiger partial charge in [0.2, 0.25) is 5.91 Å². The molecule has 6 nitrogen and oxygen atoms in total. The van der Waals surface area contributed by atoms with Crippen molar-refractivity contribution >= 4 is 29.4 Å². The fourth-order valence-electron chi connectivity index (χ4n) is 4.96. The highest BCUT2D eigenvalue weighted by atomic mass is 35.5. The van der Waals surface area contributed by atoms with Crippen LogP contribution >= 0.6 is 11.6 Å². The minimum Gasteiger partial charge on any atom is -0.480 e. The maximum atomic E-state index is 13.0. The van der Waals surface area contributed by atoms with Crippen LogP contribution in [0.25, 0.3) is 11.1 Å². The zero-order valence-electron chi connectivity index (χ0n) is 18.6.